The summed E-state index contributed by atoms with van der Waals surface area (Å²) in [5, 5.41) is 2.51. The number of hydrogen-bond acceptors (Lipinski definition) is 2. The minimum atomic E-state index is 0.701. The fraction of sp³-hybridized carbons (Fsp3) is 0.0417. The first-order valence-electron chi connectivity index (χ1n) is 17.4. The molecule has 0 aliphatic carbocycles. The molecule has 0 N–H and O–H groups in total. The van der Waals surface area contributed by atoms with Gasteiger partial charge in [0.2, 0.25) is 0 Å². The summed E-state index contributed by atoms with van der Waals surface area (Å²) in [5.41, 5.74) is 15.4. The van der Waals surface area contributed by atoms with Gasteiger partial charge in [0.1, 0.15) is 0 Å². The molecule has 3 heteroatoms. The highest BCUT2D eigenvalue weighted by Crippen LogP contribution is 2.44. The Morgan fingerprint density at radius 1 is 0.373 bits per heavy atom. The Hall–Kier alpha value is -6.58. The van der Waals surface area contributed by atoms with Crippen molar-refractivity contribution in [3.05, 3.63) is 187 Å². The first kappa shape index (κ1) is 30.5. The Kier molecular flexibility index (Phi) is 7.59. The van der Waals surface area contributed by atoms with Crippen LogP contribution in [-0.4, -0.2) is 14.5 Å². The van der Waals surface area contributed by atoms with Crippen LogP contribution in [-0.2, 0) is 0 Å². The molecule has 2 aromatic heterocycles. The predicted octanol–water partition coefficient (Wildman–Crippen LogP) is 12.5. The normalized spacial score (nSPS) is 11.3. The number of hydrogen-bond donors (Lipinski definition) is 0. The van der Waals surface area contributed by atoms with Gasteiger partial charge in [-0.1, -0.05) is 145 Å². The van der Waals surface area contributed by atoms with Gasteiger partial charge in [-0.2, -0.15) is 0 Å². The second-order valence-electron chi connectivity index (χ2n) is 13.2. The number of nitrogens with zero attached hydrogens (tertiary/aromatic N) is 3. The largest absolute Gasteiger partial charge is 0.308 e. The van der Waals surface area contributed by atoms with E-state index in [-0.39, 0.29) is 0 Å². The van der Waals surface area contributed by atoms with Crippen molar-refractivity contribution in [3.8, 4) is 61.8 Å². The van der Waals surface area contributed by atoms with E-state index < -0.39 is 0 Å². The highest BCUT2D eigenvalue weighted by atomic mass is 15.0. The van der Waals surface area contributed by atoms with Gasteiger partial charge in [0.25, 0.3) is 0 Å². The van der Waals surface area contributed by atoms with E-state index in [1.807, 2.05) is 24.3 Å². The molecule has 7 aromatic carbocycles. The van der Waals surface area contributed by atoms with Gasteiger partial charge in [-0.3, -0.25) is 0 Å². The predicted molar refractivity (Wildman–Crippen MR) is 213 cm³/mol. The molecule has 0 unspecified atom stereocenters. The van der Waals surface area contributed by atoms with Crippen LogP contribution in [0.25, 0.3) is 83.6 Å². The lowest BCUT2D eigenvalue weighted by Gasteiger charge is -2.21. The molecule has 0 fully saturated rings. The van der Waals surface area contributed by atoms with Gasteiger partial charge in [-0.25, -0.2) is 9.97 Å². The first-order valence-corrected chi connectivity index (χ1v) is 17.4. The van der Waals surface area contributed by atoms with Crippen molar-refractivity contribution in [1.29, 1.82) is 0 Å². The Morgan fingerprint density at radius 2 is 0.784 bits per heavy atom. The summed E-state index contributed by atoms with van der Waals surface area (Å²) in [6.07, 6.45) is 0. The Labute approximate surface area is 298 Å². The van der Waals surface area contributed by atoms with Gasteiger partial charge in [0.15, 0.2) is 5.82 Å². The second-order valence-corrected chi connectivity index (χ2v) is 13.2. The Bertz CT molecular complexity index is 2500. The summed E-state index contributed by atoms with van der Waals surface area (Å²) in [6.45, 7) is 4.35. The zero-order chi connectivity index (χ0) is 34.3. The third kappa shape index (κ3) is 5.59. The van der Waals surface area contributed by atoms with E-state index >= 15 is 0 Å². The van der Waals surface area contributed by atoms with Crippen LogP contribution in [0.4, 0.5) is 0 Å². The summed E-state index contributed by atoms with van der Waals surface area (Å²) in [5.74, 6) is 0.701. The molecule has 0 bridgehead atoms. The molecule has 2 heterocycles. The molecule has 0 aliphatic rings. The minimum absolute atomic E-state index is 0.701. The summed E-state index contributed by atoms with van der Waals surface area (Å²) in [7, 11) is 0. The topological polar surface area (TPSA) is 30.7 Å². The summed E-state index contributed by atoms with van der Waals surface area (Å²) in [6, 6.07) is 62.6. The summed E-state index contributed by atoms with van der Waals surface area (Å²) >= 11 is 0. The number of aryl methyl sites for hydroxylation is 2. The van der Waals surface area contributed by atoms with Crippen molar-refractivity contribution in [3.63, 3.8) is 0 Å². The number of rotatable bonds is 6. The van der Waals surface area contributed by atoms with Crippen molar-refractivity contribution in [1.82, 2.24) is 14.5 Å². The Balaban J connectivity index is 1.41. The quantitative estimate of drug-likeness (QED) is 0.179. The van der Waals surface area contributed by atoms with Gasteiger partial charge in [0.05, 0.1) is 28.1 Å². The number of benzene rings is 7. The molecule has 0 atom stereocenters. The molecule has 9 rings (SSSR count). The smallest absolute Gasteiger partial charge is 0.160 e. The molecule has 242 valence electrons. The average Bonchev–Trinajstić information content (AvgIpc) is 3.50. The molecular weight excluding hydrogens is 619 g/mol. The second kappa shape index (κ2) is 12.7. The van der Waals surface area contributed by atoms with E-state index in [1.165, 1.54) is 32.9 Å². The molecular formula is C48H35N3. The lowest BCUT2D eigenvalue weighted by atomic mass is 9.91. The van der Waals surface area contributed by atoms with Crippen molar-refractivity contribution >= 4 is 21.8 Å². The standard InChI is InChI=1S/C48H35N3/c1-32-23-25-45-41(27-32)42-28-33(2)24-26-46(42)51(45)47-39(34-15-7-3-8-16-34)29-38(30-40(47)35-17-9-4-10-18-35)44-31-43(36-19-11-5-12-20-36)49-48(50-44)37-21-13-6-14-22-37/h3-31H,1-2H3. The van der Waals surface area contributed by atoms with Crippen LogP contribution in [0.1, 0.15) is 11.1 Å². The fourth-order valence-corrected chi connectivity index (χ4v) is 7.26. The molecule has 0 amide bonds. The molecule has 0 spiro atoms. The van der Waals surface area contributed by atoms with Gasteiger partial charge >= 0.3 is 0 Å². The molecule has 51 heavy (non-hydrogen) atoms. The van der Waals surface area contributed by atoms with Crippen molar-refractivity contribution in [2.24, 2.45) is 0 Å². The number of fused-ring (bicyclic) bond motifs is 3. The first-order chi connectivity index (χ1) is 25.1. The lowest BCUT2D eigenvalue weighted by molar-refractivity contribution is 1.17. The van der Waals surface area contributed by atoms with Gasteiger partial charge in [0, 0.05) is 38.6 Å². The molecule has 3 nitrogen and oxygen atoms in total. The van der Waals surface area contributed by atoms with Crippen molar-refractivity contribution in [2.75, 3.05) is 0 Å². The van der Waals surface area contributed by atoms with E-state index in [4.69, 9.17) is 9.97 Å². The van der Waals surface area contributed by atoms with Crippen LogP contribution in [0.3, 0.4) is 0 Å². The molecule has 0 radical (unpaired) electrons. The van der Waals surface area contributed by atoms with Gasteiger partial charge in [-0.15, -0.1) is 0 Å². The summed E-state index contributed by atoms with van der Waals surface area (Å²) < 4.78 is 2.47. The maximum absolute atomic E-state index is 5.26. The van der Waals surface area contributed by atoms with E-state index in [2.05, 4.69) is 170 Å². The van der Waals surface area contributed by atoms with Crippen LogP contribution in [0, 0.1) is 13.8 Å². The number of aromatic nitrogens is 3. The lowest BCUT2D eigenvalue weighted by Crippen LogP contribution is -2.03. The zero-order valence-corrected chi connectivity index (χ0v) is 28.6. The van der Waals surface area contributed by atoms with Crippen LogP contribution in [0.2, 0.25) is 0 Å². The SMILES string of the molecule is Cc1ccc2c(c1)c1cc(C)ccc1n2-c1c(-c2ccccc2)cc(-c2cc(-c3ccccc3)nc(-c3ccccc3)n2)cc1-c1ccccc1. The van der Waals surface area contributed by atoms with Crippen LogP contribution >= 0.6 is 0 Å². The van der Waals surface area contributed by atoms with E-state index in [0.717, 1.165) is 56.0 Å². The monoisotopic (exact) mass is 653 g/mol. The maximum atomic E-state index is 5.26. The maximum Gasteiger partial charge on any atom is 0.160 e. The fourth-order valence-electron chi connectivity index (χ4n) is 7.26. The van der Waals surface area contributed by atoms with Crippen molar-refractivity contribution < 1.29 is 0 Å². The van der Waals surface area contributed by atoms with Gasteiger partial charge in [-0.05, 0) is 67.4 Å². The van der Waals surface area contributed by atoms with Crippen LogP contribution in [0.15, 0.2) is 176 Å². The molecule has 0 saturated heterocycles. The van der Waals surface area contributed by atoms with E-state index in [9.17, 15) is 0 Å². The molecule has 0 aliphatic heterocycles. The van der Waals surface area contributed by atoms with Crippen LogP contribution in [0.5, 0.6) is 0 Å². The Morgan fingerprint density at radius 3 is 1.25 bits per heavy atom. The summed E-state index contributed by atoms with van der Waals surface area (Å²) in [4.78, 5) is 10.3. The molecule has 0 saturated carbocycles. The minimum Gasteiger partial charge on any atom is -0.308 e. The van der Waals surface area contributed by atoms with E-state index in [1.54, 1.807) is 0 Å². The highest BCUT2D eigenvalue weighted by molar-refractivity contribution is 6.11. The average molecular weight is 654 g/mol. The van der Waals surface area contributed by atoms with Gasteiger partial charge < -0.3 is 4.57 Å². The molecule has 9 aromatic rings. The zero-order valence-electron chi connectivity index (χ0n) is 28.6. The van der Waals surface area contributed by atoms with Crippen molar-refractivity contribution in [2.45, 2.75) is 13.8 Å². The van der Waals surface area contributed by atoms with E-state index in [0.29, 0.717) is 5.82 Å². The third-order valence-electron chi connectivity index (χ3n) is 9.70. The third-order valence-corrected chi connectivity index (χ3v) is 9.70. The highest BCUT2D eigenvalue weighted by Gasteiger charge is 2.22. The van der Waals surface area contributed by atoms with Crippen LogP contribution < -0.4 is 0 Å².